The molecule has 0 aliphatic carbocycles. The molecule has 0 aromatic heterocycles. The van der Waals surface area contributed by atoms with E-state index in [1.54, 1.807) is 24.3 Å². The highest BCUT2D eigenvalue weighted by atomic mass is 16.5. The maximum Gasteiger partial charge on any atom is 0.337 e. The fraction of sp³-hybridized carbons (Fsp3) is 0.188. The van der Waals surface area contributed by atoms with Crippen LogP contribution in [0.25, 0.3) is 0 Å². The smallest absolute Gasteiger partial charge is 0.337 e. The molecule has 0 aliphatic rings. The van der Waals surface area contributed by atoms with Crippen LogP contribution in [0.2, 0.25) is 0 Å². The molecular formula is C16H16O4. The maximum atomic E-state index is 10.6. The second-order valence-electron chi connectivity index (χ2n) is 4.46. The van der Waals surface area contributed by atoms with Gasteiger partial charge in [-0.3, -0.25) is 0 Å². The SMILES string of the molecule is O=C(O)C(O)c1ccc(COCc2ccccc2)cc1. The average molecular weight is 272 g/mol. The zero-order valence-electron chi connectivity index (χ0n) is 10.9. The second kappa shape index (κ2) is 6.84. The van der Waals surface area contributed by atoms with Gasteiger partial charge in [0, 0.05) is 0 Å². The molecule has 104 valence electrons. The summed E-state index contributed by atoms with van der Waals surface area (Å²) in [7, 11) is 0. The van der Waals surface area contributed by atoms with Gasteiger partial charge in [0.25, 0.3) is 0 Å². The number of hydrogen-bond acceptors (Lipinski definition) is 3. The van der Waals surface area contributed by atoms with E-state index in [-0.39, 0.29) is 0 Å². The first-order chi connectivity index (χ1) is 9.66. The number of rotatable bonds is 6. The van der Waals surface area contributed by atoms with Crippen LogP contribution in [0.3, 0.4) is 0 Å². The van der Waals surface area contributed by atoms with Crippen molar-refractivity contribution in [2.45, 2.75) is 19.3 Å². The zero-order chi connectivity index (χ0) is 14.4. The van der Waals surface area contributed by atoms with Crippen molar-refractivity contribution < 1.29 is 19.7 Å². The second-order valence-corrected chi connectivity index (χ2v) is 4.46. The van der Waals surface area contributed by atoms with Crippen molar-refractivity contribution in [1.29, 1.82) is 0 Å². The van der Waals surface area contributed by atoms with Crippen molar-refractivity contribution in [1.82, 2.24) is 0 Å². The summed E-state index contributed by atoms with van der Waals surface area (Å²) in [6.45, 7) is 0.971. The van der Waals surface area contributed by atoms with E-state index in [1.165, 1.54) is 0 Å². The molecular weight excluding hydrogens is 256 g/mol. The molecule has 0 saturated carbocycles. The zero-order valence-corrected chi connectivity index (χ0v) is 10.9. The summed E-state index contributed by atoms with van der Waals surface area (Å²) in [6.07, 6.45) is -1.48. The Hall–Kier alpha value is -2.17. The van der Waals surface area contributed by atoms with Crippen LogP contribution in [0, 0.1) is 0 Å². The van der Waals surface area contributed by atoms with Crippen molar-refractivity contribution in [3.63, 3.8) is 0 Å². The average Bonchev–Trinajstić information content (AvgIpc) is 2.48. The molecule has 2 aromatic carbocycles. The van der Waals surface area contributed by atoms with Crippen LogP contribution >= 0.6 is 0 Å². The molecule has 0 spiro atoms. The third-order valence-corrected chi connectivity index (χ3v) is 2.91. The molecule has 2 rings (SSSR count). The Kier molecular flexibility index (Phi) is 4.87. The van der Waals surface area contributed by atoms with E-state index in [2.05, 4.69) is 0 Å². The summed E-state index contributed by atoms with van der Waals surface area (Å²) in [5.41, 5.74) is 2.40. The maximum absolute atomic E-state index is 10.6. The van der Waals surface area contributed by atoms with Gasteiger partial charge in [0.2, 0.25) is 0 Å². The lowest BCUT2D eigenvalue weighted by atomic mass is 10.1. The van der Waals surface area contributed by atoms with Crippen LogP contribution in [0.1, 0.15) is 22.8 Å². The number of aliphatic hydroxyl groups is 1. The largest absolute Gasteiger partial charge is 0.479 e. The van der Waals surface area contributed by atoms with Gasteiger partial charge in [-0.25, -0.2) is 4.79 Å². The van der Waals surface area contributed by atoms with Gasteiger partial charge < -0.3 is 14.9 Å². The Bertz CT molecular complexity index is 548. The predicted octanol–water partition coefficient (Wildman–Crippen LogP) is 2.52. The Balaban J connectivity index is 1.86. The fourth-order valence-electron chi connectivity index (χ4n) is 1.80. The third kappa shape index (κ3) is 3.91. The molecule has 0 fully saturated rings. The minimum Gasteiger partial charge on any atom is -0.479 e. The van der Waals surface area contributed by atoms with Crippen LogP contribution < -0.4 is 0 Å². The van der Waals surface area contributed by atoms with E-state index in [1.807, 2.05) is 30.3 Å². The number of carbonyl (C=O) groups is 1. The molecule has 0 heterocycles. The highest BCUT2D eigenvalue weighted by Gasteiger charge is 2.15. The van der Waals surface area contributed by atoms with Crippen LogP contribution in [0.4, 0.5) is 0 Å². The summed E-state index contributed by atoms with van der Waals surface area (Å²) in [5.74, 6) is -1.25. The molecule has 2 aromatic rings. The van der Waals surface area contributed by atoms with Gasteiger partial charge in [0.05, 0.1) is 13.2 Å². The summed E-state index contributed by atoms with van der Waals surface area (Å²) in [6, 6.07) is 16.6. The number of carboxylic acids is 1. The van der Waals surface area contributed by atoms with E-state index >= 15 is 0 Å². The molecule has 20 heavy (non-hydrogen) atoms. The number of aliphatic hydroxyl groups excluding tert-OH is 1. The van der Waals surface area contributed by atoms with Crippen LogP contribution in [0.5, 0.6) is 0 Å². The molecule has 1 atom stereocenters. The number of aliphatic carboxylic acids is 1. The lowest BCUT2D eigenvalue weighted by Gasteiger charge is -2.08. The lowest BCUT2D eigenvalue weighted by Crippen LogP contribution is -2.10. The number of ether oxygens (including phenoxy) is 1. The number of hydrogen-bond donors (Lipinski definition) is 2. The van der Waals surface area contributed by atoms with Gasteiger partial charge in [-0.2, -0.15) is 0 Å². The molecule has 2 N–H and O–H groups in total. The lowest BCUT2D eigenvalue weighted by molar-refractivity contribution is -0.146. The van der Waals surface area contributed by atoms with Crippen molar-refractivity contribution in [2.24, 2.45) is 0 Å². The van der Waals surface area contributed by atoms with E-state index in [0.717, 1.165) is 11.1 Å². The Morgan fingerprint density at radius 1 is 0.950 bits per heavy atom. The van der Waals surface area contributed by atoms with E-state index < -0.39 is 12.1 Å². The monoisotopic (exact) mass is 272 g/mol. The summed E-state index contributed by atoms with van der Waals surface area (Å²) >= 11 is 0. The molecule has 0 radical (unpaired) electrons. The van der Waals surface area contributed by atoms with Gasteiger partial charge in [-0.1, -0.05) is 54.6 Å². The van der Waals surface area contributed by atoms with Crippen LogP contribution in [0.15, 0.2) is 54.6 Å². The summed E-state index contributed by atoms with van der Waals surface area (Å²) < 4.78 is 5.57. The summed E-state index contributed by atoms with van der Waals surface area (Å²) in [4.78, 5) is 10.6. The standard InChI is InChI=1S/C16H16O4/c17-15(16(18)19)14-8-6-13(7-9-14)11-20-10-12-4-2-1-3-5-12/h1-9,15,17H,10-11H2,(H,18,19). The Morgan fingerprint density at radius 2 is 1.50 bits per heavy atom. The first kappa shape index (κ1) is 14.2. The minimum atomic E-state index is -1.48. The predicted molar refractivity (Wildman–Crippen MR) is 74.0 cm³/mol. The molecule has 0 bridgehead atoms. The van der Waals surface area contributed by atoms with E-state index in [9.17, 15) is 9.90 Å². The first-order valence-corrected chi connectivity index (χ1v) is 6.28. The van der Waals surface area contributed by atoms with Crippen molar-refractivity contribution in [3.05, 3.63) is 71.3 Å². The van der Waals surface area contributed by atoms with E-state index in [4.69, 9.17) is 9.84 Å². The molecule has 0 amide bonds. The van der Waals surface area contributed by atoms with Crippen LogP contribution in [-0.4, -0.2) is 16.2 Å². The normalized spacial score (nSPS) is 12.1. The topological polar surface area (TPSA) is 66.8 Å². The quantitative estimate of drug-likeness (QED) is 0.848. The fourth-order valence-corrected chi connectivity index (χ4v) is 1.80. The van der Waals surface area contributed by atoms with Crippen molar-refractivity contribution >= 4 is 5.97 Å². The Labute approximate surface area is 117 Å². The van der Waals surface area contributed by atoms with Gasteiger partial charge >= 0.3 is 5.97 Å². The molecule has 4 nitrogen and oxygen atoms in total. The summed E-state index contributed by atoms with van der Waals surface area (Å²) in [5, 5.41) is 18.1. The van der Waals surface area contributed by atoms with E-state index in [0.29, 0.717) is 18.8 Å². The van der Waals surface area contributed by atoms with Gasteiger partial charge in [-0.05, 0) is 16.7 Å². The first-order valence-electron chi connectivity index (χ1n) is 6.28. The Morgan fingerprint density at radius 3 is 2.05 bits per heavy atom. The molecule has 0 aliphatic heterocycles. The van der Waals surface area contributed by atoms with Crippen molar-refractivity contribution in [3.8, 4) is 0 Å². The van der Waals surface area contributed by atoms with Crippen LogP contribution in [-0.2, 0) is 22.7 Å². The third-order valence-electron chi connectivity index (χ3n) is 2.91. The molecule has 1 unspecified atom stereocenters. The van der Waals surface area contributed by atoms with Gasteiger partial charge in [0.15, 0.2) is 6.10 Å². The van der Waals surface area contributed by atoms with Gasteiger partial charge in [-0.15, -0.1) is 0 Å². The highest BCUT2D eigenvalue weighted by Crippen LogP contribution is 2.14. The van der Waals surface area contributed by atoms with Crippen molar-refractivity contribution in [2.75, 3.05) is 0 Å². The number of benzene rings is 2. The number of carboxylic acid groups (broad SMARTS) is 1. The minimum absolute atomic E-state index is 0.365. The van der Waals surface area contributed by atoms with Gasteiger partial charge in [0.1, 0.15) is 0 Å². The molecule has 0 saturated heterocycles. The highest BCUT2D eigenvalue weighted by molar-refractivity contribution is 5.73. The molecule has 4 heteroatoms.